The number of anilines is 1. The van der Waals surface area contributed by atoms with E-state index in [1.54, 1.807) is 25.1 Å². The number of aromatic hydroxyl groups is 1. The Bertz CT molecular complexity index is 1200. The number of benzene rings is 1. The highest BCUT2D eigenvalue weighted by Gasteiger charge is 2.64. The molecule has 1 fully saturated rings. The second kappa shape index (κ2) is 6.82. The highest BCUT2D eigenvalue weighted by molar-refractivity contribution is 6.38. The Labute approximate surface area is 181 Å². The quantitative estimate of drug-likeness (QED) is 0.157. The molecule has 0 radical (unpaired) electrons. The lowest BCUT2D eigenvalue weighted by Gasteiger charge is -2.45. The molecule has 32 heavy (non-hydrogen) atoms. The maximum atomic E-state index is 13.4. The summed E-state index contributed by atoms with van der Waals surface area (Å²) < 4.78 is 0. The van der Waals surface area contributed by atoms with E-state index < -0.39 is 57.7 Å². The average molecular weight is 443 g/mol. The molecule has 11 heteroatoms. The minimum atomic E-state index is -2.93. The molecule has 0 saturated heterocycles. The molecule has 1 saturated carbocycles. The lowest BCUT2D eigenvalue weighted by atomic mass is 9.58. The standard InChI is InChI=1S/C21H21N3O8/c1-24(2)10-3-4-11(25)13-8(10)5-7-6-9-15(23-32)17(27)14(20(22)30)19(29)21(9,31)18(28)12(7)16(13)26/h3-4,7,9,25-27,31-32H,5-6H2,1-2H3,(H2,22,30)/b23-15+/t7?,9?,21-/m0/s1. The van der Waals surface area contributed by atoms with Crippen LogP contribution in [0.2, 0.25) is 0 Å². The number of phenolic OH excluding ortho intramolecular Hbond substituents is 1. The van der Waals surface area contributed by atoms with Gasteiger partial charge in [0, 0.05) is 25.4 Å². The van der Waals surface area contributed by atoms with Crippen LogP contribution in [0.5, 0.6) is 5.75 Å². The number of fused-ring (bicyclic) bond motifs is 3. The van der Waals surface area contributed by atoms with Gasteiger partial charge in [-0.25, -0.2) is 0 Å². The number of hydrogen-bond acceptors (Lipinski definition) is 10. The number of allylic oxidation sites excluding steroid dienone is 1. The van der Waals surface area contributed by atoms with Gasteiger partial charge in [0.25, 0.3) is 5.91 Å². The van der Waals surface area contributed by atoms with Gasteiger partial charge in [-0.2, -0.15) is 0 Å². The zero-order valence-corrected chi connectivity index (χ0v) is 17.2. The van der Waals surface area contributed by atoms with Crippen molar-refractivity contribution in [2.45, 2.75) is 18.4 Å². The molecule has 3 aliphatic carbocycles. The fourth-order valence-corrected chi connectivity index (χ4v) is 5.01. The molecular formula is C21H21N3O8. The number of aliphatic hydroxyl groups is 3. The summed E-state index contributed by atoms with van der Waals surface area (Å²) in [4.78, 5) is 39.9. The van der Waals surface area contributed by atoms with Gasteiger partial charge in [0.15, 0.2) is 11.4 Å². The molecule has 11 nitrogen and oxygen atoms in total. The van der Waals surface area contributed by atoms with E-state index in [0.29, 0.717) is 11.3 Å². The third-order valence-electron chi connectivity index (χ3n) is 6.45. The molecule has 1 aromatic carbocycles. The first kappa shape index (κ1) is 21.4. The van der Waals surface area contributed by atoms with Gasteiger partial charge in [0.1, 0.15) is 22.8 Å². The van der Waals surface area contributed by atoms with Crippen molar-refractivity contribution < 1.29 is 40.0 Å². The normalized spacial score (nSPS) is 28.4. The second-order valence-corrected chi connectivity index (χ2v) is 8.30. The van der Waals surface area contributed by atoms with Crippen LogP contribution in [0, 0.1) is 11.8 Å². The van der Waals surface area contributed by atoms with Crippen LogP contribution < -0.4 is 10.6 Å². The third-order valence-corrected chi connectivity index (χ3v) is 6.45. The summed E-state index contributed by atoms with van der Waals surface area (Å²) in [6.45, 7) is 0. The Balaban J connectivity index is 1.98. The van der Waals surface area contributed by atoms with E-state index in [2.05, 4.69) is 5.16 Å². The van der Waals surface area contributed by atoms with Gasteiger partial charge in [-0.1, -0.05) is 5.16 Å². The molecule has 2 unspecified atom stereocenters. The van der Waals surface area contributed by atoms with Crippen molar-refractivity contribution >= 4 is 34.6 Å². The second-order valence-electron chi connectivity index (χ2n) is 8.30. The summed E-state index contributed by atoms with van der Waals surface area (Å²) in [6, 6.07) is 3.00. The number of rotatable bonds is 2. The molecule has 0 heterocycles. The van der Waals surface area contributed by atoms with Crippen LogP contribution in [0.3, 0.4) is 0 Å². The lowest BCUT2D eigenvalue weighted by Crippen LogP contribution is -2.64. The van der Waals surface area contributed by atoms with E-state index in [4.69, 9.17) is 5.73 Å². The number of carbonyl (C=O) groups excluding carboxylic acids is 3. The fraction of sp³-hybridized carbons (Fsp3) is 0.333. The smallest absolute Gasteiger partial charge is 0.256 e. The first-order valence-electron chi connectivity index (χ1n) is 9.69. The van der Waals surface area contributed by atoms with Crippen LogP contribution in [-0.2, 0) is 20.8 Å². The predicted molar refractivity (Wildman–Crippen MR) is 110 cm³/mol. The van der Waals surface area contributed by atoms with Gasteiger partial charge in [-0.05, 0) is 36.5 Å². The summed E-state index contributed by atoms with van der Waals surface area (Å²) in [6.07, 6.45) is -0.0279. The zero-order chi connectivity index (χ0) is 23.7. The number of phenols is 1. The van der Waals surface area contributed by atoms with E-state index in [-0.39, 0.29) is 29.7 Å². The number of oxime groups is 1. The van der Waals surface area contributed by atoms with E-state index in [1.165, 1.54) is 6.07 Å². The van der Waals surface area contributed by atoms with Crippen molar-refractivity contribution in [2.75, 3.05) is 19.0 Å². The van der Waals surface area contributed by atoms with Crippen LogP contribution in [-0.4, -0.2) is 68.5 Å². The van der Waals surface area contributed by atoms with Crippen molar-refractivity contribution in [1.82, 2.24) is 0 Å². The Kier molecular flexibility index (Phi) is 4.56. The molecule has 0 aliphatic heterocycles. The molecule has 1 aromatic rings. The molecule has 168 valence electrons. The summed E-state index contributed by atoms with van der Waals surface area (Å²) in [5.41, 5.74) is 1.45. The van der Waals surface area contributed by atoms with E-state index in [0.717, 1.165) is 0 Å². The predicted octanol–water partition coefficient (Wildman–Crippen LogP) is -0.0700. The maximum Gasteiger partial charge on any atom is 0.256 e. The number of Topliss-reactive ketones (excluding diaryl/α,β-unsaturated/α-hetero) is 2. The Morgan fingerprint density at radius 3 is 2.38 bits per heavy atom. The molecule has 3 atom stereocenters. The Hall–Kier alpha value is -3.86. The van der Waals surface area contributed by atoms with Gasteiger partial charge in [0.05, 0.1) is 11.5 Å². The summed E-state index contributed by atoms with van der Waals surface area (Å²) >= 11 is 0. The number of primary amides is 1. The van der Waals surface area contributed by atoms with Crippen molar-refractivity contribution in [2.24, 2.45) is 22.7 Å². The number of nitrogens with two attached hydrogens (primary N) is 1. The number of aliphatic hydroxyl groups excluding tert-OH is 2. The fourth-order valence-electron chi connectivity index (χ4n) is 5.01. The average Bonchev–Trinajstić information content (AvgIpc) is 2.70. The molecule has 3 aliphatic rings. The summed E-state index contributed by atoms with van der Waals surface area (Å²) in [5.74, 6) is -8.20. The number of carbonyl (C=O) groups is 3. The zero-order valence-electron chi connectivity index (χ0n) is 17.2. The van der Waals surface area contributed by atoms with E-state index in [1.807, 2.05) is 0 Å². The van der Waals surface area contributed by atoms with Crippen molar-refractivity contribution in [3.63, 3.8) is 0 Å². The topological polar surface area (TPSA) is 194 Å². The van der Waals surface area contributed by atoms with Gasteiger partial charge in [-0.15, -0.1) is 0 Å². The third kappa shape index (κ3) is 2.51. The summed E-state index contributed by atoms with van der Waals surface area (Å²) in [7, 11) is 3.52. The highest BCUT2D eigenvalue weighted by atomic mass is 16.4. The van der Waals surface area contributed by atoms with Gasteiger partial charge >= 0.3 is 0 Å². The SMILES string of the molecule is CN(C)c1ccc(O)c2c1CC1CC3/C(=N\O)C(O)=C(C(N)=O)C(=O)[C@@]3(O)C(=O)C1=C2O. The summed E-state index contributed by atoms with van der Waals surface area (Å²) in [5, 5.41) is 55.3. The number of amides is 1. The first-order chi connectivity index (χ1) is 15.0. The molecule has 4 rings (SSSR count). The molecule has 0 bridgehead atoms. The first-order valence-corrected chi connectivity index (χ1v) is 9.69. The minimum Gasteiger partial charge on any atom is -0.507 e. The number of nitrogens with zero attached hydrogens (tertiary/aromatic N) is 2. The highest BCUT2D eigenvalue weighted by Crippen LogP contribution is 2.51. The van der Waals surface area contributed by atoms with Crippen LogP contribution in [0.25, 0.3) is 5.76 Å². The number of ketones is 2. The van der Waals surface area contributed by atoms with Gasteiger partial charge in [0.2, 0.25) is 11.6 Å². The van der Waals surface area contributed by atoms with Crippen LogP contribution in [0.1, 0.15) is 17.5 Å². The maximum absolute atomic E-state index is 13.4. The largest absolute Gasteiger partial charge is 0.507 e. The van der Waals surface area contributed by atoms with E-state index >= 15 is 0 Å². The Morgan fingerprint density at radius 2 is 1.81 bits per heavy atom. The Morgan fingerprint density at radius 1 is 1.16 bits per heavy atom. The van der Waals surface area contributed by atoms with Crippen molar-refractivity contribution in [1.29, 1.82) is 0 Å². The van der Waals surface area contributed by atoms with Crippen molar-refractivity contribution in [3.8, 4) is 5.75 Å². The van der Waals surface area contributed by atoms with Crippen LogP contribution in [0.4, 0.5) is 5.69 Å². The monoisotopic (exact) mass is 443 g/mol. The molecule has 7 N–H and O–H groups in total. The molecule has 0 aromatic heterocycles. The van der Waals surface area contributed by atoms with Crippen molar-refractivity contribution in [3.05, 3.63) is 40.2 Å². The van der Waals surface area contributed by atoms with Crippen LogP contribution in [0.15, 0.2) is 34.2 Å². The molecule has 0 spiro atoms. The number of hydrogen-bond donors (Lipinski definition) is 6. The molecular weight excluding hydrogens is 422 g/mol. The van der Waals surface area contributed by atoms with Gasteiger partial charge in [-0.3, -0.25) is 14.4 Å². The van der Waals surface area contributed by atoms with Crippen LogP contribution >= 0.6 is 0 Å². The molecule has 1 amide bonds. The minimum absolute atomic E-state index is 0.00525. The lowest BCUT2D eigenvalue weighted by molar-refractivity contribution is -0.153. The van der Waals surface area contributed by atoms with E-state index in [9.17, 15) is 40.0 Å². The van der Waals surface area contributed by atoms with Gasteiger partial charge < -0.3 is 36.3 Å².